The SMILES string of the molecule is CCC(C(N)=O)c1cn(-c2sc3c(c2C(N)=O)CCN(C)C3)c2ccccc12. The Kier molecular flexibility index (Phi) is 4.72. The van der Waals surface area contributed by atoms with Crippen LogP contribution in [0.4, 0.5) is 0 Å². The highest BCUT2D eigenvalue weighted by Gasteiger charge is 2.28. The molecule has 0 saturated carbocycles. The maximum absolute atomic E-state index is 12.4. The Morgan fingerprint density at radius 3 is 2.68 bits per heavy atom. The molecule has 0 aliphatic carbocycles. The number of carbonyl (C=O) groups excluding carboxylic acids is 2. The number of thiophene rings is 1. The van der Waals surface area contributed by atoms with Gasteiger partial charge >= 0.3 is 0 Å². The molecule has 7 heteroatoms. The molecule has 1 atom stereocenters. The van der Waals surface area contributed by atoms with E-state index in [9.17, 15) is 9.59 Å². The van der Waals surface area contributed by atoms with E-state index >= 15 is 0 Å². The van der Waals surface area contributed by atoms with E-state index in [0.29, 0.717) is 12.0 Å². The standard InChI is InChI=1S/C21H24N4O2S/c1-3-12(19(22)26)15-10-25(16-7-5-4-6-13(15)16)21-18(20(23)27)14-8-9-24(2)11-17(14)28-21/h4-7,10,12H,3,8-9,11H2,1-2H3,(H2,22,26)(H2,23,27). The number of hydrogen-bond acceptors (Lipinski definition) is 4. The molecule has 1 aliphatic heterocycles. The summed E-state index contributed by atoms with van der Waals surface area (Å²) in [6.07, 6.45) is 3.39. The molecule has 1 aromatic carbocycles. The Bertz CT molecular complexity index is 1080. The third-order valence-corrected chi connectivity index (χ3v) is 6.78. The molecule has 146 valence electrons. The van der Waals surface area contributed by atoms with Gasteiger partial charge in [-0.3, -0.25) is 9.59 Å². The molecular formula is C21H24N4O2S. The monoisotopic (exact) mass is 396 g/mol. The van der Waals surface area contributed by atoms with Crippen molar-refractivity contribution in [1.29, 1.82) is 0 Å². The topological polar surface area (TPSA) is 94.4 Å². The minimum atomic E-state index is -0.404. The summed E-state index contributed by atoms with van der Waals surface area (Å²) in [4.78, 5) is 27.8. The summed E-state index contributed by atoms with van der Waals surface area (Å²) in [5.41, 5.74) is 15.0. The van der Waals surface area contributed by atoms with E-state index in [4.69, 9.17) is 11.5 Å². The van der Waals surface area contributed by atoms with Gasteiger partial charge in [0.05, 0.1) is 17.0 Å². The normalized spacial score (nSPS) is 15.5. The molecule has 4 N–H and O–H groups in total. The molecule has 3 heterocycles. The first-order valence-electron chi connectivity index (χ1n) is 9.44. The lowest BCUT2D eigenvalue weighted by Gasteiger charge is -2.22. The number of hydrogen-bond donors (Lipinski definition) is 2. The third-order valence-electron chi connectivity index (χ3n) is 5.56. The Hall–Kier alpha value is -2.64. The van der Waals surface area contributed by atoms with Crippen molar-refractivity contribution in [3.8, 4) is 5.00 Å². The van der Waals surface area contributed by atoms with Gasteiger partial charge in [0, 0.05) is 29.5 Å². The molecule has 1 aliphatic rings. The molecule has 2 amide bonds. The van der Waals surface area contributed by atoms with Gasteiger partial charge in [-0.05, 0) is 37.1 Å². The summed E-state index contributed by atoms with van der Waals surface area (Å²) in [5, 5.41) is 1.81. The van der Waals surface area contributed by atoms with Crippen LogP contribution in [0.3, 0.4) is 0 Å². The number of carbonyl (C=O) groups is 2. The van der Waals surface area contributed by atoms with Crippen molar-refractivity contribution >= 4 is 34.1 Å². The van der Waals surface area contributed by atoms with Crippen LogP contribution >= 0.6 is 11.3 Å². The molecule has 0 bridgehead atoms. The lowest BCUT2D eigenvalue weighted by Crippen LogP contribution is -2.27. The van der Waals surface area contributed by atoms with Crippen molar-refractivity contribution < 1.29 is 9.59 Å². The van der Waals surface area contributed by atoms with Gasteiger partial charge in [0.1, 0.15) is 5.00 Å². The van der Waals surface area contributed by atoms with Gasteiger partial charge in [-0.15, -0.1) is 11.3 Å². The van der Waals surface area contributed by atoms with E-state index in [0.717, 1.165) is 46.5 Å². The fourth-order valence-electron chi connectivity index (χ4n) is 4.17. The zero-order valence-electron chi connectivity index (χ0n) is 16.1. The van der Waals surface area contributed by atoms with Crippen LogP contribution in [-0.2, 0) is 17.8 Å². The fraction of sp³-hybridized carbons (Fsp3) is 0.333. The molecular weight excluding hydrogens is 372 g/mol. The Labute approximate surface area is 167 Å². The predicted molar refractivity (Wildman–Crippen MR) is 112 cm³/mol. The summed E-state index contributed by atoms with van der Waals surface area (Å²) in [6, 6.07) is 7.91. The predicted octanol–water partition coefficient (Wildman–Crippen LogP) is 2.76. The largest absolute Gasteiger partial charge is 0.369 e. The number of primary amides is 2. The molecule has 2 aromatic heterocycles. The molecule has 0 saturated heterocycles. The summed E-state index contributed by atoms with van der Waals surface area (Å²) < 4.78 is 2.01. The molecule has 0 fully saturated rings. The van der Waals surface area contributed by atoms with Crippen LogP contribution < -0.4 is 11.5 Å². The summed E-state index contributed by atoms with van der Waals surface area (Å²) in [5.74, 6) is -1.12. The minimum Gasteiger partial charge on any atom is -0.369 e. The number of nitrogens with two attached hydrogens (primary N) is 2. The fourth-order valence-corrected chi connectivity index (χ4v) is 5.59. The van der Waals surface area contributed by atoms with Crippen LogP contribution in [0.5, 0.6) is 0 Å². The Morgan fingerprint density at radius 1 is 1.25 bits per heavy atom. The molecule has 4 rings (SSSR count). The van der Waals surface area contributed by atoms with E-state index in [1.165, 1.54) is 4.88 Å². The maximum atomic E-state index is 12.4. The highest BCUT2D eigenvalue weighted by atomic mass is 32.1. The van der Waals surface area contributed by atoms with Crippen LogP contribution in [0.25, 0.3) is 15.9 Å². The second kappa shape index (κ2) is 7.07. The number of aromatic nitrogens is 1. The van der Waals surface area contributed by atoms with Crippen molar-refractivity contribution in [2.45, 2.75) is 32.2 Å². The van der Waals surface area contributed by atoms with Crippen LogP contribution in [0.2, 0.25) is 0 Å². The quantitative estimate of drug-likeness (QED) is 0.694. The number of rotatable bonds is 5. The number of nitrogens with zero attached hydrogens (tertiary/aromatic N) is 2. The molecule has 6 nitrogen and oxygen atoms in total. The van der Waals surface area contributed by atoms with Crippen molar-refractivity contribution in [2.75, 3.05) is 13.6 Å². The number of likely N-dealkylation sites (N-methyl/N-ethyl adjacent to an activating group) is 1. The smallest absolute Gasteiger partial charge is 0.252 e. The number of fused-ring (bicyclic) bond motifs is 2. The number of benzene rings is 1. The molecule has 0 spiro atoms. The van der Waals surface area contributed by atoms with E-state index in [-0.39, 0.29) is 11.8 Å². The molecule has 1 unspecified atom stereocenters. The summed E-state index contributed by atoms with van der Waals surface area (Å²) in [6.45, 7) is 3.67. The third kappa shape index (κ3) is 2.91. The lowest BCUT2D eigenvalue weighted by atomic mass is 9.95. The van der Waals surface area contributed by atoms with Gasteiger partial charge in [-0.25, -0.2) is 0 Å². The summed E-state index contributed by atoms with van der Waals surface area (Å²) in [7, 11) is 2.08. The minimum absolute atomic E-state index is 0.340. The average Bonchev–Trinajstić information content (AvgIpc) is 3.20. The lowest BCUT2D eigenvalue weighted by molar-refractivity contribution is -0.119. The molecule has 3 aromatic rings. The first-order valence-corrected chi connectivity index (χ1v) is 10.3. The van der Waals surface area contributed by atoms with Crippen LogP contribution in [0, 0.1) is 0 Å². The van der Waals surface area contributed by atoms with Gasteiger partial charge in [0.2, 0.25) is 5.91 Å². The van der Waals surface area contributed by atoms with Gasteiger partial charge in [0.15, 0.2) is 0 Å². The number of para-hydroxylation sites is 1. The highest BCUT2D eigenvalue weighted by Crippen LogP contribution is 2.39. The zero-order chi connectivity index (χ0) is 20.0. The van der Waals surface area contributed by atoms with Gasteiger partial charge in [0.25, 0.3) is 5.91 Å². The van der Waals surface area contributed by atoms with E-state index in [1.807, 2.05) is 42.0 Å². The summed E-state index contributed by atoms with van der Waals surface area (Å²) >= 11 is 1.61. The van der Waals surface area contributed by atoms with Crippen molar-refractivity contribution in [3.05, 3.63) is 52.0 Å². The van der Waals surface area contributed by atoms with E-state index < -0.39 is 5.91 Å². The van der Waals surface area contributed by atoms with Gasteiger partial charge in [-0.2, -0.15) is 0 Å². The Balaban J connectivity index is 1.98. The van der Waals surface area contributed by atoms with Crippen LogP contribution in [0.1, 0.15) is 45.6 Å². The van der Waals surface area contributed by atoms with E-state index in [1.54, 1.807) is 11.3 Å². The van der Waals surface area contributed by atoms with Gasteiger partial charge in [-0.1, -0.05) is 25.1 Å². The highest BCUT2D eigenvalue weighted by molar-refractivity contribution is 7.15. The van der Waals surface area contributed by atoms with Crippen molar-refractivity contribution in [2.24, 2.45) is 11.5 Å². The number of amides is 2. The van der Waals surface area contributed by atoms with Crippen LogP contribution in [0.15, 0.2) is 30.5 Å². The van der Waals surface area contributed by atoms with E-state index in [2.05, 4.69) is 11.9 Å². The first-order chi connectivity index (χ1) is 13.4. The zero-order valence-corrected chi connectivity index (χ0v) is 16.9. The first kappa shape index (κ1) is 18.7. The van der Waals surface area contributed by atoms with Crippen molar-refractivity contribution in [1.82, 2.24) is 9.47 Å². The van der Waals surface area contributed by atoms with Crippen LogP contribution in [-0.4, -0.2) is 34.9 Å². The maximum Gasteiger partial charge on any atom is 0.252 e. The second-order valence-corrected chi connectivity index (χ2v) is 8.45. The second-order valence-electron chi connectivity index (χ2n) is 7.37. The molecule has 28 heavy (non-hydrogen) atoms. The average molecular weight is 397 g/mol. The molecule has 0 radical (unpaired) electrons. The van der Waals surface area contributed by atoms with Crippen molar-refractivity contribution in [3.63, 3.8) is 0 Å². The Morgan fingerprint density at radius 2 is 2.00 bits per heavy atom. The van der Waals surface area contributed by atoms with Gasteiger partial charge < -0.3 is 20.9 Å².